The normalized spacial score (nSPS) is 20.2. The molecule has 1 aromatic rings. The van der Waals surface area contributed by atoms with Crippen LogP contribution >= 0.6 is 11.6 Å². The maximum Gasteiger partial charge on any atom is 0.417 e. The first-order chi connectivity index (χ1) is 9.84. The van der Waals surface area contributed by atoms with E-state index in [0.29, 0.717) is 17.7 Å². The number of rotatable bonds is 4. The summed E-state index contributed by atoms with van der Waals surface area (Å²) in [5, 5.41) is 7.74. The Labute approximate surface area is 127 Å². The second-order valence-corrected chi connectivity index (χ2v) is 5.71. The summed E-state index contributed by atoms with van der Waals surface area (Å²) in [6.07, 6.45) is -1.87. The molecule has 0 radical (unpaired) electrons. The van der Waals surface area contributed by atoms with Gasteiger partial charge < -0.3 is 5.41 Å². The lowest BCUT2D eigenvalue weighted by Crippen LogP contribution is -2.27. The van der Waals surface area contributed by atoms with E-state index < -0.39 is 11.7 Å². The SMILES string of the molecule is CCCCN1CCC(=N)C1c1ccc(Cl)c(C(F)(F)F)c1. The molecule has 116 valence electrons. The molecule has 2 nitrogen and oxygen atoms in total. The summed E-state index contributed by atoms with van der Waals surface area (Å²) in [7, 11) is 0. The van der Waals surface area contributed by atoms with Crippen LogP contribution in [0.4, 0.5) is 13.2 Å². The molecule has 1 heterocycles. The molecule has 0 saturated carbocycles. The number of nitrogens with one attached hydrogen (secondary N) is 1. The van der Waals surface area contributed by atoms with Crippen LogP contribution in [-0.4, -0.2) is 23.7 Å². The Kier molecular flexibility index (Phi) is 4.94. The third-order valence-electron chi connectivity index (χ3n) is 3.77. The molecule has 1 saturated heterocycles. The Morgan fingerprint density at radius 3 is 2.71 bits per heavy atom. The predicted molar refractivity (Wildman–Crippen MR) is 78.0 cm³/mol. The standard InChI is InChI=1S/C15H18ClF3N2/c1-2-3-7-21-8-6-13(20)14(21)10-4-5-12(16)11(9-10)15(17,18)19/h4-5,9,14,20H,2-3,6-8H2,1H3. The van der Waals surface area contributed by atoms with Gasteiger partial charge in [0, 0.05) is 12.3 Å². The van der Waals surface area contributed by atoms with Crippen LogP contribution in [-0.2, 0) is 6.18 Å². The van der Waals surface area contributed by atoms with Crippen molar-refractivity contribution in [3.05, 3.63) is 34.3 Å². The second-order valence-electron chi connectivity index (χ2n) is 5.30. The number of likely N-dealkylation sites (tertiary alicyclic amines) is 1. The number of alkyl halides is 3. The molecule has 21 heavy (non-hydrogen) atoms. The lowest BCUT2D eigenvalue weighted by atomic mass is 10.00. The molecule has 1 aromatic carbocycles. The summed E-state index contributed by atoms with van der Waals surface area (Å²) in [4.78, 5) is 2.08. The molecule has 1 fully saturated rings. The van der Waals surface area contributed by atoms with E-state index in [0.717, 1.165) is 32.0 Å². The van der Waals surface area contributed by atoms with E-state index in [9.17, 15) is 13.2 Å². The fourth-order valence-corrected chi connectivity index (χ4v) is 2.92. The van der Waals surface area contributed by atoms with E-state index >= 15 is 0 Å². The third-order valence-corrected chi connectivity index (χ3v) is 4.10. The zero-order valence-electron chi connectivity index (χ0n) is 11.8. The maximum atomic E-state index is 13.0. The molecule has 1 aliphatic heterocycles. The van der Waals surface area contributed by atoms with Crippen LogP contribution < -0.4 is 0 Å². The van der Waals surface area contributed by atoms with Gasteiger partial charge in [0.1, 0.15) is 0 Å². The summed E-state index contributed by atoms with van der Waals surface area (Å²) in [5.41, 5.74) is 0.156. The van der Waals surface area contributed by atoms with E-state index in [4.69, 9.17) is 17.0 Å². The molecule has 2 rings (SSSR count). The fourth-order valence-electron chi connectivity index (χ4n) is 2.69. The highest BCUT2D eigenvalue weighted by atomic mass is 35.5. The molecular weight excluding hydrogens is 301 g/mol. The van der Waals surface area contributed by atoms with Crippen LogP contribution in [0.25, 0.3) is 0 Å². The molecular formula is C15H18ClF3N2. The average molecular weight is 319 g/mol. The summed E-state index contributed by atoms with van der Waals surface area (Å²) < 4.78 is 38.9. The molecule has 1 unspecified atom stereocenters. The zero-order valence-corrected chi connectivity index (χ0v) is 12.6. The van der Waals surface area contributed by atoms with Crippen LogP contribution in [0.2, 0.25) is 5.02 Å². The number of halogens is 4. The van der Waals surface area contributed by atoms with Crippen molar-refractivity contribution in [3.63, 3.8) is 0 Å². The lowest BCUT2D eigenvalue weighted by Gasteiger charge is -2.25. The first kappa shape index (κ1) is 16.3. The Hall–Kier alpha value is -1.07. The van der Waals surface area contributed by atoms with Crippen molar-refractivity contribution >= 4 is 17.3 Å². The van der Waals surface area contributed by atoms with Crippen molar-refractivity contribution < 1.29 is 13.2 Å². The van der Waals surface area contributed by atoms with Crippen molar-refractivity contribution in [2.24, 2.45) is 0 Å². The van der Waals surface area contributed by atoms with Gasteiger partial charge in [-0.3, -0.25) is 4.90 Å². The number of nitrogens with zero attached hydrogens (tertiary/aromatic N) is 1. The van der Waals surface area contributed by atoms with Gasteiger partial charge in [-0.15, -0.1) is 0 Å². The first-order valence-electron chi connectivity index (χ1n) is 7.02. The van der Waals surface area contributed by atoms with Gasteiger partial charge in [-0.05, 0) is 37.1 Å². The van der Waals surface area contributed by atoms with Gasteiger partial charge in [0.05, 0.1) is 16.6 Å². The van der Waals surface area contributed by atoms with Gasteiger partial charge in [-0.2, -0.15) is 13.2 Å². The molecule has 0 aromatic heterocycles. The Balaban J connectivity index is 2.33. The van der Waals surface area contributed by atoms with Gasteiger partial charge in [0.25, 0.3) is 0 Å². The monoisotopic (exact) mass is 318 g/mol. The lowest BCUT2D eigenvalue weighted by molar-refractivity contribution is -0.137. The minimum absolute atomic E-state index is 0.295. The quantitative estimate of drug-likeness (QED) is 0.837. The molecule has 1 N–H and O–H groups in total. The number of hydrogen-bond donors (Lipinski definition) is 1. The van der Waals surface area contributed by atoms with E-state index in [1.807, 2.05) is 0 Å². The highest BCUT2D eigenvalue weighted by Crippen LogP contribution is 2.38. The van der Waals surface area contributed by atoms with E-state index in [1.165, 1.54) is 6.07 Å². The van der Waals surface area contributed by atoms with Crippen LogP contribution in [0.15, 0.2) is 18.2 Å². The van der Waals surface area contributed by atoms with Crippen molar-refractivity contribution in [3.8, 4) is 0 Å². The van der Waals surface area contributed by atoms with Crippen LogP contribution in [0, 0.1) is 5.41 Å². The number of benzene rings is 1. The van der Waals surface area contributed by atoms with Crippen molar-refractivity contribution in [1.82, 2.24) is 4.90 Å². The van der Waals surface area contributed by atoms with Crippen molar-refractivity contribution in [2.75, 3.05) is 13.1 Å². The van der Waals surface area contributed by atoms with Gasteiger partial charge in [0.15, 0.2) is 0 Å². The largest absolute Gasteiger partial charge is 0.417 e. The molecule has 1 atom stereocenters. The molecule has 0 amide bonds. The van der Waals surface area contributed by atoms with Gasteiger partial charge in [0.2, 0.25) is 0 Å². The number of hydrogen-bond acceptors (Lipinski definition) is 2. The molecule has 0 aliphatic carbocycles. The molecule has 6 heteroatoms. The van der Waals surface area contributed by atoms with Gasteiger partial charge in [-0.25, -0.2) is 0 Å². The zero-order chi connectivity index (χ0) is 15.6. The molecule has 0 spiro atoms. The second kappa shape index (κ2) is 6.36. The molecule has 0 bridgehead atoms. The highest BCUT2D eigenvalue weighted by Gasteiger charge is 2.36. The third kappa shape index (κ3) is 3.58. The van der Waals surface area contributed by atoms with Crippen molar-refractivity contribution in [2.45, 2.75) is 38.4 Å². The summed E-state index contributed by atoms with van der Waals surface area (Å²) in [6.45, 7) is 3.60. The van der Waals surface area contributed by atoms with Gasteiger partial charge >= 0.3 is 6.18 Å². The van der Waals surface area contributed by atoms with Crippen LogP contribution in [0.5, 0.6) is 0 Å². The van der Waals surface area contributed by atoms with Crippen molar-refractivity contribution in [1.29, 1.82) is 5.41 Å². The maximum absolute atomic E-state index is 13.0. The van der Waals surface area contributed by atoms with E-state index in [1.54, 1.807) is 6.07 Å². The summed E-state index contributed by atoms with van der Waals surface area (Å²) >= 11 is 5.66. The fraction of sp³-hybridized carbons (Fsp3) is 0.533. The molecule has 1 aliphatic rings. The average Bonchev–Trinajstić information content (AvgIpc) is 2.77. The highest BCUT2D eigenvalue weighted by molar-refractivity contribution is 6.31. The first-order valence-corrected chi connectivity index (χ1v) is 7.40. The summed E-state index contributed by atoms with van der Waals surface area (Å²) in [5.74, 6) is 0. The predicted octanol–water partition coefficient (Wildman–Crippen LogP) is 4.93. The minimum atomic E-state index is -4.47. The summed E-state index contributed by atoms with van der Waals surface area (Å²) in [6, 6.07) is 3.62. The van der Waals surface area contributed by atoms with E-state index in [2.05, 4.69) is 11.8 Å². The van der Waals surface area contributed by atoms with E-state index in [-0.39, 0.29) is 11.1 Å². The Bertz CT molecular complexity index is 528. The van der Waals surface area contributed by atoms with Crippen LogP contribution in [0.1, 0.15) is 43.4 Å². The van der Waals surface area contributed by atoms with Gasteiger partial charge in [-0.1, -0.05) is 31.0 Å². The Morgan fingerprint density at radius 2 is 2.10 bits per heavy atom. The number of unbranched alkanes of at least 4 members (excludes halogenated alkanes) is 1. The Morgan fingerprint density at radius 1 is 1.38 bits per heavy atom. The minimum Gasteiger partial charge on any atom is -0.308 e. The topological polar surface area (TPSA) is 27.1 Å². The van der Waals surface area contributed by atoms with Crippen LogP contribution in [0.3, 0.4) is 0 Å². The smallest absolute Gasteiger partial charge is 0.308 e.